The molecule has 0 saturated heterocycles. The fraction of sp³-hybridized carbons (Fsp3) is 0.733. The Bertz CT molecular complexity index is 306. The lowest BCUT2D eigenvalue weighted by Crippen LogP contribution is -2.45. The topological polar surface area (TPSA) is 15.3 Å². The molecule has 1 rings (SSSR count). The summed E-state index contributed by atoms with van der Waals surface area (Å²) in [6.45, 7) is 11.3. The van der Waals surface area contributed by atoms with Gasteiger partial charge in [-0.05, 0) is 30.8 Å². The van der Waals surface area contributed by atoms with Crippen LogP contribution in [0.3, 0.4) is 0 Å². The Labute approximate surface area is 116 Å². The van der Waals surface area contributed by atoms with Crippen molar-refractivity contribution in [2.24, 2.45) is 5.92 Å². The van der Waals surface area contributed by atoms with Crippen LogP contribution in [0.25, 0.3) is 0 Å². The molecule has 104 valence electrons. The Hall–Kier alpha value is -0.380. The standard InChI is InChI=1S/C15H28N2S/c1-12(2)15(11-16-13(3)4)17(5)9-8-14-7-6-10-18-14/h6-7,10,12-13,15-16H,8-9,11H2,1-5H3. The molecule has 0 aliphatic carbocycles. The Balaban J connectivity index is 2.41. The van der Waals surface area contributed by atoms with E-state index in [-0.39, 0.29) is 0 Å². The number of nitrogens with one attached hydrogen (secondary N) is 1. The molecule has 1 aromatic heterocycles. The van der Waals surface area contributed by atoms with E-state index in [1.54, 1.807) is 0 Å². The third-order valence-electron chi connectivity index (χ3n) is 3.36. The van der Waals surface area contributed by atoms with E-state index in [0.29, 0.717) is 18.0 Å². The first-order chi connectivity index (χ1) is 8.50. The van der Waals surface area contributed by atoms with Crippen LogP contribution in [0.5, 0.6) is 0 Å². The fourth-order valence-corrected chi connectivity index (χ4v) is 2.86. The molecule has 2 nitrogen and oxygen atoms in total. The van der Waals surface area contributed by atoms with Gasteiger partial charge in [0.15, 0.2) is 0 Å². The average Bonchev–Trinajstić information content (AvgIpc) is 2.78. The van der Waals surface area contributed by atoms with Crippen molar-refractivity contribution >= 4 is 11.3 Å². The molecule has 0 aromatic carbocycles. The molecule has 0 radical (unpaired) electrons. The van der Waals surface area contributed by atoms with E-state index in [2.05, 4.69) is 62.5 Å². The van der Waals surface area contributed by atoms with Crippen molar-refractivity contribution < 1.29 is 0 Å². The van der Waals surface area contributed by atoms with Gasteiger partial charge in [-0.15, -0.1) is 11.3 Å². The van der Waals surface area contributed by atoms with E-state index in [1.165, 1.54) is 11.3 Å². The second kappa shape index (κ2) is 7.93. The van der Waals surface area contributed by atoms with Gasteiger partial charge < -0.3 is 10.2 Å². The van der Waals surface area contributed by atoms with Crippen LogP contribution in [0, 0.1) is 5.92 Å². The van der Waals surface area contributed by atoms with Gasteiger partial charge in [-0.1, -0.05) is 33.8 Å². The van der Waals surface area contributed by atoms with Gasteiger partial charge >= 0.3 is 0 Å². The number of rotatable bonds is 8. The van der Waals surface area contributed by atoms with Crippen molar-refractivity contribution in [3.63, 3.8) is 0 Å². The minimum absolute atomic E-state index is 0.567. The highest BCUT2D eigenvalue weighted by Gasteiger charge is 2.18. The largest absolute Gasteiger partial charge is 0.313 e. The van der Waals surface area contributed by atoms with Gasteiger partial charge in [0.1, 0.15) is 0 Å². The summed E-state index contributed by atoms with van der Waals surface area (Å²) in [6, 6.07) is 5.56. The predicted octanol–water partition coefficient (Wildman–Crippen LogP) is 3.25. The number of thiophene rings is 1. The minimum Gasteiger partial charge on any atom is -0.313 e. The molecule has 0 saturated carbocycles. The molecule has 1 unspecified atom stereocenters. The van der Waals surface area contributed by atoms with Crippen LogP contribution in [-0.2, 0) is 6.42 Å². The van der Waals surface area contributed by atoms with E-state index in [1.807, 2.05) is 11.3 Å². The molecule has 0 spiro atoms. The first kappa shape index (κ1) is 15.7. The van der Waals surface area contributed by atoms with Crippen molar-refractivity contribution in [2.75, 3.05) is 20.1 Å². The summed E-state index contributed by atoms with van der Waals surface area (Å²) in [5, 5.41) is 5.72. The zero-order valence-electron chi connectivity index (χ0n) is 12.4. The van der Waals surface area contributed by atoms with E-state index >= 15 is 0 Å². The van der Waals surface area contributed by atoms with Crippen LogP contribution < -0.4 is 5.32 Å². The molecule has 18 heavy (non-hydrogen) atoms. The Morgan fingerprint density at radius 1 is 1.28 bits per heavy atom. The van der Waals surface area contributed by atoms with Gasteiger partial charge in [0.2, 0.25) is 0 Å². The summed E-state index contributed by atoms with van der Waals surface area (Å²) in [4.78, 5) is 3.99. The molecule has 1 N–H and O–H groups in total. The molecule has 0 bridgehead atoms. The molecule has 0 amide bonds. The van der Waals surface area contributed by atoms with Gasteiger partial charge in [-0.3, -0.25) is 0 Å². The maximum Gasteiger partial charge on any atom is 0.0240 e. The highest BCUT2D eigenvalue weighted by atomic mass is 32.1. The van der Waals surface area contributed by atoms with Crippen molar-refractivity contribution in [2.45, 2.75) is 46.2 Å². The molecular weight excluding hydrogens is 240 g/mol. The Kier molecular flexibility index (Phi) is 6.90. The smallest absolute Gasteiger partial charge is 0.0240 e. The first-order valence-corrected chi connectivity index (χ1v) is 7.84. The number of hydrogen-bond donors (Lipinski definition) is 1. The third kappa shape index (κ3) is 5.51. The Morgan fingerprint density at radius 3 is 2.50 bits per heavy atom. The molecule has 1 atom stereocenters. The van der Waals surface area contributed by atoms with Crippen LogP contribution in [0.2, 0.25) is 0 Å². The summed E-state index contributed by atoms with van der Waals surface area (Å²) >= 11 is 1.86. The predicted molar refractivity (Wildman–Crippen MR) is 82.4 cm³/mol. The summed E-state index contributed by atoms with van der Waals surface area (Å²) in [7, 11) is 2.25. The lowest BCUT2D eigenvalue weighted by molar-refractivity contribution is 0.186. The molecule has 0 fully saturated rings. The van der Waals surface area contributed by atoms with Crippen LogP contribution in [-0.4, -0.2) is 37.1 Å². The monoisotopic (exact) mass is 268 g/mol. The van der Waals surface area contributed by atoms with Crippen LogP contribution in [0.4, 0.5) is 0 Å². The number of hydrogen-bond acceptors (Lipinski definition) is 3. The minimum atomic E-state index is 0.567. The molecule has 1 aromatic rings. The molecule has 3 heteroatoms. The van der Waals surface area contributed by atoms with Crippen LogP contribution in [0.1, 0.15) is 32.6 Å². The lowest BCUT2D eigenvalue weighted by Gasteiger charge is -2.32. The molecular formula is C15H28N2S. The van der Waals surface area contributed by atoms with E-state index in [9.17, 15) is 0 Å². The Morgan fingerprint density at radius 2 is 2.00 bits per heavy atom. The summed E-state index contributed by atoms with van der Waals surface area (Å²) in [5.74, 6) is 0.685. The number of nitrogens with zero attached hydrogens (tertiary/aromatic N) is 1. The van der Waals surface area contributed by atoms with Gasteiger partial charge in [-0.25, -0.2) is 0 Å². The highest BCUT2D eigenvalue weighted by molar-refractivity contribution is 7.09. The van der Waals surface area contributed by atoms with Crippen molar-refractivity contribution in [3.05, 3.63) is 22.4 Å². The third-order valence-corrected chi connectivity index (χ3v) is 4.30. The summed E-state index contributed by atoms with van der Waals surface area (Å²) in [5.41, 5.74) is 0. The SMILES string of the molecule is CC(C)NCC(C(C)C)N(C)CCc1cccs1. The summed E-state index contributed by atoms with van der Waals surface area (Å²) < 4.78 is 0. The van der Waals surface area contributed by atoms with Crippen molar-refractivity contribution in [3.8, 4) is 0 Å². The quantitative estimate of drug-likeness (QED) is 0.778. The lowest BCUT2D eigenvalue weighted by atomic mass is 10.0. The van der Waals surface area contributed by atoms with E-state index in [0.717, 1.165) is 13.1 Å². The van der Waals surface area contributed by atoms with E-state index < -0.39 is 0 Å². The zero-order valence-corrected chi connectivity index (χ0v) is 13.3. The normalized spacial score (nSPS) is 13.8. The van der Waals surface area contributed by atoms with Crippen molar-refractivity contribution in [1.82, 2.24) is 10.2 Å². The summed E-state index contributed by atoms with van der Waals surface area (Å²) in [6.07, 6.45) is 1.17. The van der Waals surface area contributed by atoms with Crippen LogP contribution in [0.15, 0.2) is 17.5 Å². The zero-order chi connectivity index (χ0) is 13.5. The highest BCUT2D eigenvalue weighted by Crippen LogP contribution is 2.13. The van der Waals surface area contributed by atoms with Gasteiger partial charge in [0.05, 0.1) is 0 Å². The average molecular weight is 268 g/mol. The van der Waals surface area contributed by atoms with Crippen LogP contribution >= 0.6 is 11.3 Å². The van der Waals surface area contributed by atoms with Gasteiger partial charge in [-0.2, -0.15) is 0 Å². The van der Waals surface area contributed by atoms with E-state index in [4.69, 9.17) is 0 Å². The number of likely N-dealkylation sites (N-methyl/N-ethyl adjacent to an activating group) is 1. The second-order valence-electron chi connectivity index (χ2n) is 5.68. The van der Waals surface area contributed by atoms with Gasteiger partial charge in [0, 0.05) is 30.1 Å². The van der Waals surface area contributed by atoms with Gasteiger partial charge in [0.25, 0.3) is 0 Å². The second-order valence-corrected chi connectivity index (χ2v) is 6.72. The first-order valence-electron chi connectivity index (χ1n) is 6.96. The molecule has 0 aliphatic rings. The maximum absolute atomic E-state index is 3.56. The molecule has 1 heterocycles. The molecule has 0 aliphatic heterocycles. The maximum atomic E-state index is 3.56. The van der Waals surface area contributed by atoms with Crippen molar-refractivity contribution in [1.29, 1.82) is 0 Å². The fourth-order valence-electron chi connectivity index (χ4n) is 2.16.